The maximum absolute atomic E-state index is 11.9. The molecule has 30 heavy (non-hydrogen) atoms. The maximum atomic E-state index is 11.9. The molecule has 0 aromatic carbocycles. The van der Waals surface area contributed by atoms with Gasteiger partial charge in [-0.15, -0.1) is 0 Å². The van der Waals surface area contributed by atoms with Gasteiger partial charge in [0.25, 0.3) is 0 Å². The van der Waals surface area contributed by atoms with Crippen LogP contribution in [0.2, 0.25) is 5.02 Å². The fraction of sp³-hybridized carbons (Fsp3) is 0.529. The van der Waals surface area contributed by atoms with Gasteiger partial charge in [-0.3, -0.25) is 9.48 Å². The van der Waals surface area contributed by atoms with E-state index in [0.29, 0.717) is 35.6 Å². The van der Waals surface area contributed by atoms with E-state index in [-0.39, 0.29) is 18.5 Å². The smallest absolute Gasteiger partial charge is 0.243 e. The summed E-state index contributed by atoms with van der Waals surface area (Å²) in [6.07, 6.45) is 7.52. The van der Waals surface area contributed by atoms with Crippen LogP contribution in [0.4, 0.5) is 17.5 Å². The number of amides is 1. The molecule has 1 aliphatic rings. The minimum absolute atomic E-state index is 0.0751. The molecule has 1 amide bonds. The number of anilines is 3. The van der Waals surface area contributed by atoms with Crippen LogP contribution in [0.3, 0.4) is 0 Å². The topological polar surface area (TPSA) is 125 Å². The zero-order valence-electron chi connectivity index (χ0n) is 17.0. The predicted molar refractivity (Wildman–Crippen MR) is 114 cm³/mol. The lowest BCUT2D eigenvalue weighted by Gasteiger charge is -2.22. The standard InChI is InChI=1S/C17H25ClN8O3S/c1-24(2)15(27)11-25-10-12(7-21-25)22-17-20-9-14(18)16(23-17)19-8-13-5-4-6-26(13)30(3,28)29/h7,9-10,13H,4-6,8,11H2,1-3H3,(H2,19,20,22,23)/t13-/m1/s1. The lowest BCUT2D eigenvalue weighted by Crippen LogP contribution is -2.38. The summed E-state index contributed by atoms with van der Waals surface area (Å²) in [6, 6.07) is -0.144. The Balaban J connectivity index is 1.64. The fourth-order valence-electron chi connectivity index (χ4n) is 3.14. The summed E-state index contributed by atoms with van der Waals surface area (Å²) in [5.74, 6) is 0.630. The van der Waals surface area contributed by atoms with Crippen LogP contribution in [0.25, 0.3) is 0 Å². The summed E-state index contributed by atoms with van der Waals surface area (Å²) in [4.78, 5) is 21.8. The van der Waals surface area contributed by atoms with Crippen LogP contribution in [0.5, 0.6) is 0 Å². The SMILES string of the molecule is CN(C)C(=O)Cn1cc(Nc2ncc(Cl)c(NC[C@H]3CCCN3S(C)(=O)=O)n2)cn1. The van der Waals surface area contributed by atoms with Crippen molar-refractivity contribution < 1.29 is 13.2 Å². The maximum Gasteiger partial charge on any atom is 0.243 e. The number of hydrogen-bond acceptors (Lipinski definition) is 8. The first-order valence-electron chi connectivity index (χ1n) is 9.36. The molecular formula is C17H25ClN8O3S. The van der Waals surface area contributed by atoms with Gasteiger partial charge in [0.05, 0.1) is 24.3 Å². The minimum Gasteiger partial charge on any atom is -0.367 e. The lowest BCUT2D eigenvalue weighted by atomic mass is 10.2. The molecule has 2 N–H and O–H groups in total. The monoisotopic (exact) mass is 456 g/mol. The van der Waals surface area contributed by atoms with Gasteiger partial charge in [0.15, 0.2) is 5.82 Å². The number of carbonyl (C=O) groups excluding carboxylic acids is 1. The van der Waals surface area contributed by atoms with Crippen molar-refractivity contribution in [1.29, 1.82) is 0 Å². The van der Waals surface area contributed by atoms with Crippen molar-refractivity contribution in [2.24, 2.45) is 0 Å². The molecule has 0 unspecified atom stereocenters. The van der Waals surface area contributed by atoms with Crippen LogP contribution in [-0.4, -0.2) is 82.8 Å². The molecule has 1 aliphatic heterocycles. The van der Waals surface area contributed by atoms with Crippen molar-refractivity contribution in [3.63, 3.8) is 0 Å². The molecule has 1 saturated heterocycles. The van der Waals surface area contributed by atoms with Gasteiger partial charge in [0, 0.05) is 39.4 Å². The highest BCUT2D eigenvalue weighted by molar-refractivity contribution is 7.88. The second-order valence-corrected chi connectivity index (χ2v) is 9.62. The van der Waals surface area contributed by atoms with Crippen LogP contribution < -0.4 is 10.6 Å². The zero-order valence-corrected chi connectivity index (χ0v) is 18.6. The van der Waals surface area contributed by atoms with Gasteiger partial charge in [-0.1, -0.05) is 11.6 Å². The van der Waals surface area contributed by atoms with Gasteiger partial charge in [-0.05, 0) is 12.8 Å². The third-order valence-corrected chi connectivity index (χ3v) is 6.29. The van der Waals surface area contributed by atoms with Gasteiger partial charge in [0.1, 0.15) is 11.6 Å². The van der Waals surface area contributed by atoms with E-state index in [0.717, 1.165) is 12.8 Å². The Labute approximate surface area is 180 Å². The van der Waals surface area contributed by atoms with Crippen LogP contribution in [0.1, 0.15) is 12.8 Å². The molecule has 1 atom stereocenters. The van der Waals surface area contributed by atoms with Gasteiger partial charge in [0.2, 0.25) is 21.9 Å². The highest BCUT2D eigenvalue weighted by Gasteiger charge is 2.31. The Bertz CT molecular complexity index is 1010. The Morgan fingerprint density at radius 3 is 2.83 bits per heavy atom. The van der Waals surface area contributed by atoms with Gasteiger partial charge < -0.3 is 15.5 Å². The van der Waals surface area contributed by atoms with Crippen LogP contribution >= 0.6 is 11.6 Å². The molecule has 11 nitrogen and oxygen atoms in total. The quantitative estimate of drug-likeness (QED) is 0.602. The molecule has 3 heterocycles. The summed E-state index contributed by atoms with van der Waals surface area (Å²) < 4.78 is 26.8. The minimum atomic E-state index is -3.25. The summed E-state index contributed by atoms with van der Waals surface area (Å²) in [5.41, 5.74) is 0.619. The Morgan fingerprint density at radius 1 is 1.37 bits per heavy atom. The van der Waals surface area contributed by atoms with Crippen molar-refractivity contribution in [2.45, 2.75) is 25.4 Å². The highest BCUT2D eigenvalue weighted by Crippen LogP contribution is 2.24. The molecule has 2 aromatic rings. The molecule has 2 aromatic heterocycles. The predicted octanol–water partition coefficient (Wildman–Crippen LogP) is 0.994. The van der Waals surface area contributed by atoms with Crippen molar-refractivity contribution in [1.82, 2.24) is 29.0 Å². The van der Waals surface area contributed by atoms with Crippen molar-refractivity contribution in [2.75, 3.05) is 44.1 Å². The number of hydrogen-bond donors (Lipinski definition) is 2. The van der Waals surface area contributed by atoms with Crippen LogP contribution in [0.15, 0.2) is 18.6 Å². The second kappa shape index (κ2) is 9.14. The zero-order chi connectivity index (χ0) is 21.9. The van der Waals surface area contributed by atoms with E-state index in [4.69, 9.17) is 11.6 Å². The number of rotatable bonds is 8. The van der Waals surface area contributed by atoms with E-state index in [1.165, 1.54) is 26.3 Å². The van der Waals surface area contributed by atoms with E-state index in [9.17, 15) is 13.2 Å². The Morgan fingerprint density at radius 2 is 2.13 bits per heavy atom. The average molecular weight is 457 g/mol. The molecule has 13 heteroatoms. The third kappa shape index (κ3) is 5.58. The van der Waals surface area contributed by atoms with E-state index in [1.807, 2.05) is 0 Å². The number of carbonyl (C=O) groups is 1. The van der Waals surface area contributed by atoms with Crippen molar-refractivity contribution in [3.05, 3.63) is 23.6 Å². The van der Waals surface area contributed by atoms with Gasteiger partial charge in [-0.25, -0.2) is 13.4 Å². The van der Waals surface area contributed by atoms with E-state index in [1.54, 1.807) is 26.5 Å². The summed E-state index contributed by atoms with van der Waals surface area (Å²) >= 11 is 6.20. The van der Waals surface area contributed by atoms with E-state index in [2.05, 4.69) is 25.7 Å². The van der Waals surface area contributed by atoms with Crippen LogP contribution in [-0.2, 0) is 21.4 Å². The van der Waals surface area contributed by atoms with Gasteiger partial charge in [-0.2, -0.15) is 14.4 Å². The van der Waals surface area contributed by atoms with Gasteiger partial charge >= 0.3 is 0 Å². The highest BCUT2D eigenvalue weighted by atomic mass is 35.5. The number of likely N-dealkylation sites (N-methyl/N-ethyl adjacent to an activating group) is 1. The van der Waals surface area contributed by atoms with Crippen LogP contribution in [0, 0.1) is 0 Å². The molecule has 1 fully saturated rings. The number of nitrogens with zero attached hydrogens (tertiary/aromatic N) is 6. The molecule has 0 saturated carbocycles. The average Bonchev–Trinajstić information content (AvgIpc) is 3.31. The molecule has 0 spiro atoms. The fourth-order valence-corrected chi connectivity index (χ4v) is 4.48. The summed E-state index contributed by atoms with van der Waals surface area (Å²) in [5, 5.41) is 10.6. The van der Waals surface area contributed by atoms with Crippen molar-refractivity contribution in [3.8, 4) is 0 Å². The second-order valence-electron chi connectivity index (χ2n) is 7.28. The largest absolute Gasteiger partial charge is 0.367 e. The normalized spacial score (nSPS) is 17.1. The Hall–Kier alpha value is -2.44. The van der Waals surface area contributed by atoms with E-state index < -0.39 is 10.0 Å². The summed E-state index contributed by atoms with van der Waals surface area (Å²) in [6.45, 7) is 1.05. The number of nitrogens with one attached hydrogen (secondary N) is 2. The molecular weight excluding hydrogens is 432 g/mol. The molecule has 164 valence electrons. The molecule has 3 rings (SSSR count). The first-order chi connectivity index (χ1) is 14.1. The number of halogens is 1. The molecule has 0 aliphatic carbocycles. The summed E-state index contributed by atoms with van der Waals surface area (Å²) in [7, 11) is 0.117. The van der Waals surface area contributed by atoms with Crippen molar-refractivity contribution >= 4 is 45.0 Å². The Kier molecular flexibility index (Phi) is 6.78. The van der Waals surface area contributed by atoms with E-state index >= 15 is 0 Å². The first kappa shape index (κ1) is 22.2. The first-order valence-corrected chi connectivity index (χ1v) is 11.6. The number of aromatic nitrogens is 4. The third-order valence-electron chi connectivity index (χ3n) is 4.68. The lowest BCUT2D eigenvalue weighted by molar-refractivity contribution is -0.129. The number of sulfonamides is 1. The molecule has 0 bridgehead atoms. The molecule has 0 radical (unpaired) electrons.